The lowest BCUT2D eigenvalue weighted by atomic mass is 9.84. The monoisotopic (exact) mass is 1110 g/mol. The minimum absolute atomic E-state index is 0. The van der Waals surface area contributed by atoms with Gasteiger partial charge in [0.2, 0.25) is 0 Å². The Bertz CT molecular complexity index is 2410. The molecule has 0 bridgehead atoms. The van der Waals surface area contributed by atoms with E-state index in [1.165, 1.54) is 42.0 Å². The van der Waals surface area contributed by atoms with Crippen LogP contribution in [0.4, 0.5) is 0 Å². The van der Waals surface area contributed by atoms with Crippen molar-refractivity contribution in [2.45, 2.75) is 133 Å². The second-order valence-corrected chi connectivity index (χ2v) is 20.7. The third-order valence-corrected chi connectivity index (χ3v) is 15.2. The van der Waals surface area contributed by atoms with Crippen molar-refractivity contribution in [3.8, 4) is 0 Å². The first kappa shape index (κ1) is 61.2. The zero-order valence-electron chi connectivity index (χ0n) is 44.7. The Morgan fingerprint density at radius 1 is 0.434 bits per heavy atom. The molecule has 9 nitrogen and oxygen atoms in total. The van der Waals surface area contributed by atoms with E-state index in [0.29, 0.717) is 18.7 Å². The van der Waals surface area contributed by atoms with Crippen LogP contribution < -0.4 is 5.73 Å². The van der Waals surface area contributed by atoms with E-state index < -0.39 is 0 Å². The van der Waals surface area contributed by atoms with E-state index in [2.05, 4.69) is 164 Å². The van der Waals surface area contributed by atoms with Gasteiger partial charge in [-0.05, 0) is 91.2 Å². The summed E-state index contributed by atoms with van der Waals surface area (Å²) in [4.78, 5) is 40.9. The molecule has 0 spiro atoms. The highest BCUT2D eigenvalue weighted by atomic mass is 79.9. The van der Waals surface area contributed by atoms with Gasteiger partial charge >= 0.3 is 17.9 Å². The van der Waals surface area contributed by atoms with Gasteiger partial charge in [0, 0.05) is 49.6 Å². The summed E-state index contributed by atoms with van der Waals surface area (Å²) in [6, 6.07) is 63.7. The zero-order valence-corrected chi connectivity index (χ0v) is 47.1. The van der Waals surface area contributed by atoms with Crippen molar-refractivity contribution < 1.29 is 28.6 Å². The molecule has 406 valence electrons. The van der Waals surface area contributed by atoms with E-state index in [0.717, 1.165) is 114 Å². The standard InChI is InChI=1S/C28H31NO2.C22H27NO2.C8H15NO2.C7H7Br.ClH/c30-28(31-22-25-15-8-3-9-16-25)26-17-10-18-27(19-26)29(20-23-11-4-1-5-12-23)21-24-13-6-2-7-14-24;1-25-22(24)20-13-8-14-21(15-20)23(16-18-9-4-2-5-10-18)17-19-11-6-3-7-12-19;1-11-8(10)6-3-2-4-7(9)5-6;8-6-7-4-2-1-3-5-7;/h1-9,11-16,26-27H,10,17-22H2;2-7,9-12,20-21H,8,13-17H2,1H3;6-7H,2-5,9H2,1H3;1-5H,6H2;1H. The third kappa shape index (κ3) is 21.8. The average Bonchev–Trinajstić information content (AvgIpc) is 3.48. The van der Waals surface area contributed by atoms with Crippen LogP contribution in [-0.4, -0.2) is 60.1 Å². The van der Waals surface area contributed by atoms with Gasteiger partial charge in [0.15, 0.2) is 0 Å². The molecule has 0 heterocycles. The molecule has 3 saturated carbocycles. The first-order chi connectivity index (χ1) is 36.7. The van der Waals surface area contributed by atoms with Crippen molar-refractivity contribution in [2.24, 2.45) is 23.5 Å². The number of nitrogens with zero attached hydrogens (tertiary/aromatic N) is 2. The van der Waals surface area contributed by atoms with E-state index in [-0.39, 0.29) is 54.1 Å². The number of alkyl halides is 1. The van der Waals surface area contributed by atoms with Crippen LogP contribution in [0.15, 0.2) is 182 Å². The van der Waals surface area contributed by atoms with Crippen LogP contribution >= 0.6 is 28.3 Å². The van der Waals surface area contributed by atoms with Crippen LogP contribution in [0.1, 0.15) is 110 Å². The molecule has 0 saturated heterocycles. The summed E-state index contributed by atoms with van der Waals surface area (Å²) in [6.45, 7) is 3.97. The van der Waals surface area contributed by atoms with Crippen LogP contribution in [0, 0.1) is 17.8 Å². The van der Waals surface area contributed by atoms with Gasteiger partial charge in [-0.2, -0.15) is 0 Å². The number of hydrogen-bond donors (Lipinski definition) is 1. The highest BCUT2D eigenvalue weighted by Gasteiger charge is 2.33. The van der Waals surface area contributed by atoms with Crippen molar-refractivity contribution in [1.29, 1.82) is 0 Å². The van der Waals surface area contributed by atoms with Gasteiger partial charge in [0.05, 0.1) is 32.0 Å². The van der Waals surface area contributed by atoms with E-state index in [4.69, 9.17) is 15.2 Å². The summed E-state index contributed by atoms with van der Waals surface area (Å²) < 4.78 is 15.3. The quantitative estimate of drug-likeness (QED) is 0.0575. The topological polar surface area (TPSA) is 111 Å². The molecule has 6 aromatic rings. The normalized spacial score (nSPS) is 19.8. The van der Waals surface area contributed by atoms with Crippen molar-refractivity contribution in [1.82, 2.24) is 9.80 Å². The molecule has 2 N–H and O–H groups in total. The second-order valence-electron chi connectivity index (χ2n) is 20.2. The van der Waals surface area contributed by atoms with Gasteiger partial charge in [-0.3, -0.25) is 24.2 Å². The Kier molecular flexibility index (Phi) is 28.1. The lowest BCUT2D eigenvalue weighted by Crippen LogP contribution is -2.40. The molecule has 6 atom stereocenters. The lowest BCUT2D eigenvalue weighted by Gasteiger charge is -2.37. The van der Waals surface area contributed by atoms with Crippen LogP contribution in [-0.2, 0) is 66.7 Å². The first-order valence-electron chi connectivity index (χ1n) is 27.1. The SMILES string of the molecule is BrCc1ccccc1.COC(=O)C1CCCC(N(Cc2ccccc2)Cc2ccccc2)C1.COC(=O)C1CCCC(N)C1.Cl.O=C(OCc1ccccc1)C1CCCC(N(Cc2ccccc2)Cc2ccccc2)C1. The minimum atomic E-state index is -0.0971. The van der Waals surface area contributed by atoms with Crippen molar-refractivity contribution in [2.75, 3.05) is 14.2 Å². The molecular formula is C65H81BrClN3O6. The molecule has 0 aromatic heterocycles. The van der Waals surface area contributed by atoms with E-state index in [1.54, 1.807) is 0 Å². The second kappa shape index (κ2) is 34.9. The van der Waals surface area contributed by atoms with Crippen molar-refractivity contribution in [3.63, 3.8) is 0 Å². The number of ether oxygens (including phenoxy) is 3. The molecule has 9 rings (SSSR count). The summed E-state index contributed by atoms with van der Waals surface area (Å²) in [5, 5.41) is 0.952. The number of halogens is 2. The summed E-state index contributed by atoms with van der Waals surface area (Å²) in [5.41, 5.74) is 13.3. The molecule has 6 aromatic carbocycles. The summed E-state index contributed by atoms with van der Waals surface area (Å²) in [5.74, 6) is -0.116. The Morgan fingerprint density at radius 3 is 1.05 bits per heavy atom. The fourth-order valence-corrected chi connectivity index (χ4v) is 10.9. The maximum Gasteiger partial charge on any atom is 0.309 e. The van der Waals surface area contributed by atoms with Crippen LogP contribution in [0.5, 0.6) is 0 Å². The van der Waals surface area contributed by atoms with Gasteiger partial charge in [0.25, 0.3) is 0 Å². The smallest absolute Gasteiger partial charge is 0.309 e. The maximum absolute atomic E-state index is 12.8. The predicted molar refractivity (Wildman–Crippen MR) is 312 cm³/mol. The highest BCUT2D eigenvalue weighted by molar-refractivity contribution is 9.08. The summed E-state index contributed by atoms with van der Waals surface area (Å²) in [6.07, 6.45) is 11.9. The lowest BCUT2D eigenvalue weighted by molar-refractivity contribution is -0.152. The largest absolute Gasteiger partial charge is 0.469 e. The van der Waals surface area contributed by atoms with Gasteiger partial charge in [-0.15, -0.1) is 12.4 Å². The van der Waals surface area contributed by atoms with Crippen LogP contribution in [0.25, 0.3) is 0 Å². The average molecular weight is 1120 g/mol. The fourth-order valence-electron chi connectivity index (χ4n) is 10.5. The van der Waals surface area contributed by atoms with Crippen LogP contribution in [0.3, 0.4) is 0 Å². The number of methoxy groups -OCH3 is 2. The number of hydrogen-bond acceptors (Lipinski definition) is 9. The zero-order chi connectivity index (χ0) is 52.9. The molecular weight excluding hydrogens is 1030 g/mol. The number of nitrogens with two attached hydrogens (primary N) is 1. The molecule has 11 heteroatoms. The van der Waals surface area contributed by atoms with Crippen molar-refractivity contribution in [3.05, 3.63) is 215 Å². The highest BCUT2D eigenvalue weighted by Crippen LogP contribution is 2.33. The van der Waals surface area contributed by atoms with E-state index >= 15 is 0 Å². The molecule has 0 radical (unpaired) electrons. The number of esters is 3. The Hall–Kier alpha value is -5.62. The Balaban J connectivity index is 0.000000210. The third-order valence-electron chi connectivity index (χ3n) is 14.6. The number of rotatable bonds is 16. The minimum Gasteiger partial charge on any atom is -0.469 e. The van der Waals surface area contributed by atoms with Crippen molar-refractivity contribution >= 4 is 46.2 Å². The van der Waals surface area contributed by atoms with Gasteiger partial charge in [0.1, 0.15) is 6.61 Å². The Labute approximate surface area is 468 Å². The summed E-state index contributed by atoms with van der Waals surface area (Å²) in [7, 11) is 2.93. The molecule has 0 amide bonds. The molecule has 3 aliphatic rings. The molecule has 3 aliphatic carbocycles. The molecule has 3 fully saturated rings. The molecule has 0 aliphatic heterocycles. The Morgan fingerprint density at radius 2 is 0.737 bits per heavy atom. The summed E-state index contributed by atoms with van der Waals surface area (Å²) >= 11 is 3.36. The predicted octanol–water partition coefficient (Wildman–Crippen LogP) is 14.1. The van der Waals surface area contributed by atoms with Gasteiger partial charge in [-0.1, -0.05) is 217 Å². The van der Waals surface area contributed by atoms with Gasteiger partial charge in [-0.25, -0.2) is 0 Å². The van der Waals surface area contributed by atoms with Crippen LogP contribution in [0.2, 0.25) is 0 Å². The number of carbonyl (C=O) groups is 3. The van der Waals surface area contributed by atoms with Gasteiger partial charge < -0.3 is 19.9 Å². The first-order valence-corrected chi connectivity index (χ1v) is 28.2. The molecule has 76 heavy (non-hydrogen) atoms. The maximum atomic E-state index is 12.8. The number of benzene rings is 6. The fraction of sp³-hybridized carbons (Fsp3) is 0.400. The van der Waals surface area contributed by atoms with E-state index in [1.807, 2.05) is 48.5 Å². The molecule has 6 unspecified atom stereocenters. The number of carbonyl (C=O) groups excluding carboxylic acids is 3. The van der Waals surface area contributed by atoms with E-state index in [9.17, 15) is 14.4 Å².